The number of Topliss-reactive ketones (excluding diaryl/α,β-unsaturated/α-hetero) is 1. The van der Waals surface area contributed by atoms with Gasteiger partial charge in [0.25, 0.3) is 0 Å². The first-order valence-corrected chi connectivity index (χ1v) is 6.30. The third-order valence-corrected chi connectivity index (χ3v) is 3.04. The van der Waals surface area contributed by atoms with Crippen molar-refractivity contribution in [1.82, 2.24) is 0 Å². The topological polar surface area (TPSA) is 17.1 Å². The molecule has 1 unspecified atom stereocenters. The molecule has 1 rings (SSSR count). The third-order valence-electron chi connectivity index (χ3n) is 3.04. The summed E-state index contributed by atoms with van der Waals surface area (Å²) in [4.78, 5) is 11.7. The van der Waals surface area contributed by atoms with Gasteiger partial charge in [0.15, 0.2) is 0 Å². The lowest BCUT2D eigenvalue weighted by Crippen LogP contribution is -2.16. The maximum absolute atomic E-state index is 11.7. The molecule has 0 saturated carbocycles. The molecule has 0 heterocycles. The monoisotopic (exact) mass is 228 g/mol. The van der Waals surface area contributed by atoms with Crippen LogP contribution in [0.3, 0.4) is 0 Å². The molecule has 0 spiro atoms. The predicted octanol–water partition coefficient (Wildman–Crippen LogP) is 3.53. The molecule has 2 heteroatoms. The Hall–Kier alpha value is -1.05. The van der Waals surface area contributed by atoms with Crippen molar-refractivity contribution in [2.45, 2.75) is 45.9 Å². The van der Waals surface area contributed by atoms with E-state index in [1.165, 1.54) is 5.56 Å². The van der Waals surface area contributed by atoms with Crippen LogP contribution in [0.1, 0.15) is 44.7 Å². The first-order chi connectivity index (χ1) is 7.91. The lowest BCUT2D eigenvalue weighted by molar-refractivity contribution is -0.121. The number of carbonyl (C=O) groups is 1. The smallest absolute Gasteiger partial charge is 0.130 e. The van der Waals surface area contributed by atoms with Crippen LogP contribution in [0, 0.1) is 5.92 Å². The van der Waals surface area contributed by atoms with Gasteiger partial charge in [0.1, 0.15) is 5.78 Å². The highest BCUT2D eigenvalue weighted by molar-refractivity contribution is 6.24. The van der Waals surface area contributed by atoms with Crippen LogP contribution in [-0.2, 0) is 11.2 Å². The number of ketones is 1. The van der Waals surface area contributed by atoms with Crippen LogP contribution in [0.15, 0.2) is 24.3 Å². The minimum atomic E-state index is -0.375. The molecule has 0 aliphatic rings. The average molecular weight is 228 g/mol. The van der Waals surface area contributed by atoms with Crippen molar-refractivity contribution in [3.05, 3.63) is 35.4 Å². The highest BCUT2D eigenvalue weighted by atomic mass is 16.1. The van der Waals surface area contributed by atoms with E-state index in [1.54, 1.807) is 0 Å². The molecular formula is C15H21BO. The van der Waals surface area contributed by atoms with Crippen LogP contribution in [0.5, 0.6) is 0 Å². The fourth-order valence-electron chi connectivity index (χ4n) is 1.82. The highest BCUT2D eigenvalue weighted by Crippen LogP contribution is 2.19. The molecule has 0 fully saturated rings. The van der Waals surface area contributed by atoms with Gasteiger partial charge in [-0.15, -0.1) is 0 Å². The number of benzene rings is 1. The number of hydrogen-bond donors (Lipinski definition) is 0. The number of hydrogen-bond acceptors (Lipinski definition) is 1. The largest absolute Gasteiger partial charge is 0.300 e. The quantitative estimate of drug-likeness (QED) is 0.704. The van der Waals surface area contributed by atoms with E-state index in [2.05, 4.69) is 38.1 Å². The molecule has 2 radical (unpaired) electrons. The van der Waals surface area contributed by atoms with Crippen molar-refractivity contribution in [3.63, 3.8) is 0 Å². The molecule has 0 aromatic heterocycles. The minimum Gasteiger partial charge on any atom is -0.300 e. The van der Waals surface area contributed by atoms with Crippen LogP contribution in [-0.4, -0.2) is 13.6 Å². The van der Waals surface area contributed by atoms with E-state index in [0.717, 1.165) is 5.56 Å². The molecule has 0 aliphatic carbocycles. The first-order valence-electron chi connectivity index (χ1n) is 6.30. The lowest BCUT2D eigenvalue weighted by atomic mass is 9.75. The Balaban J connectivity index is 2.66. The number of rotatable bonds is 5. The van der Waals surface area contributed by atoms with E-state index in [9.17, 15) is 4.79 Å². The van der Waals surface area contributed by atoms with E-state index >= 15 is 0 Å². The third kappa shape index (κ3) is 4.03. The van der Waals surface area contributed by atoms with Gasteiger partial charge in [-0.1, -0.05) is 52.0 Å². The summed E-state index contributed by atoms with van der Waals surface area (Å²) in [5.74, 6) is 0.313. The SMILES string of the molecule is [B]C(Cc1ccc(C(C)C)cc1)C(=O)C(C)C. The van der Waals surface area contributed by atoms with Gasteiger partial charge in [-0.2, -0.15) is 0 Å². The minimum absolute atomic E-state index is 0.0138. The summed E-state index contributed by atoms with van der Waals surface area (Å²) in [6.07, 6.45) is 0.634. The van der Waals surface area contributed by atoms with Crippen LogP contribution in [0.25, 0.3) is 0 Å². The van der Waals surface area contributed by atoms with Crippen molar-refractivity contribution >= 4 is 13.6 Å². The summed E-state index contributed by atoms with van der Waals surface area (Å²) in [5.41, 5.74) is 2.45. The van der Waals surface area contributed by atoms with Crippen molar-refractivity contribution in [3.8, 4) is 0 Å². The average Bonchev–Trinajstić information content (AvgIpc) is 2.28. The molecule has 90 valence electrons. The van der Waals surface area contributed by atoms with Crippen molar-refractivity contribution < 1.29 is 4.79 Å². The summed E-state index contributed by atoms with van der Waals surface area (Å²) in [5, 5.41) is 0. The van der Waals surface area contributed by atoms with Gasteiger partial charge in [0.2, 0.25) is 0 Å². The van der Waals surface area contributed by atoms with Gasteiger partial charge in [-0.3, -0.25) is 4.79 Å². The van der Waals surface area contributed by atoms with Gasteiger partial charge in [-0.25, -0.2) is 0 Å². The van der Waals surface area contributed by atoms with E-state index in [4.69, 9.17) is 7.85 Å². The van der Waals surface area contributed by atoms with Gasteiger partial charge in [0.05, 0.1) is 7.85 Å². The van der Waals surface area contributed by atoms with Crippen molar-refractivity contribution in [2.75, 3.05) is 0 Å². The van der Waals surface area contributed by atoms with E-state index in [0.29, 0.717) is 12.3 Å². The molecule has 0 amide bonds. The molecular weight excluding hydrogens is 207 g/mol. The van der Waals surface area contributed by atoms with E-state index in [-0.39, 0.29) is 17.5 Å². The fourth-order valence-corrected chi connectivity index (χ4v) is 1.82. The van der Waals surface area contributed by atoms with Crippen LogP contribution in [0.4, 0.5) is 0 Å². The van der Waals surface area contributed by atoms with E-state index in [1.807, 2.05) is 13.8 Å². The van der Waals surface area contributed by atoms with Crippen LogP contribution in [0.2, 0.25) is 5.82 Å². The second kappa shape index (κ2) is 6.04. The van der Waals surface area contributed by atoms with Gasteiger partial charge < -0.3 is 0 Å². The van der Waals surface area contributed by atoms with Crippen LogP contribution >= 0.6 is 0 Å². The zero-order valence-corrected chi connectivity index (χ0v) is 11.2. The normalized spacial score (nSPS) is 13.1. The van der Waals surface area contributed by atoms with Gasteiger partial charge in [0, 0.05) is 5.92 Å². The molecule has 1 nitrogen and oxygen atoms in total. The Labute approximate surface area is 106 Å². The first kappa shape index (κ1) is 14.0. The zero-order chi connectivity index (χ0) is 13.0. The molecule has 0 saturated heterocycles. The van der Waals surface area contributed by atoms with Gasteiger partial charge >= 0.3 is 0 Å². The van der Waals surface area contributed by atoms with Gasteiger partial charge in [-0.05, 0) is 29.3 Å². The molecule has 0 bridgehead atoms. The maximum Gasteiger partial charge on any atom is 0.130 e. The Morgan fingerprint density at radius 3 is 2.06 bits per heavy atom. The molecule has 0 N–H and O–H groups in total. The summed E-state index contributed by atoms with van der Waals surface area (Å²) in [7, 11) is 5.90. The molecule has 1 aromatic rings. The maximum atomic E-state index is 11.7. The Bertz CT molecular complexity index is 365. The summed E-state index contributed by atoms with van der Waals surface area (Å²) in [6.45, 7) is 8.13. The van der Waals surface area contributed by atoms with Crippen molar-refractivity contribution in [2.24, 2.45) is 5.92 Å². The zero-order valence-electron chi connectivity index (χ0n) is 11.2. The second-order valence-electron chi connectivity index (χ2n) is 5.26. The Morgan fingerprint density at radius 2 is 1.65 bits per heavy atom. The molecule has 1 aromatic carbocycles. The number of carbonyl (C=O) groups excluding carboxylic acids is 1. The summed E-state index contributed by atoms with van der Waals surface area (Å²) < 4.78 is 0. The predicted molar refractivity (Wildman–Crippen MR) is 73.6 cm³/mol. The Morgan fingerprint density at radius 1 is 1.12 bits per heavy atom. The second-order valence-corrected chi connectivity index (χ2v) is 5.26. The highest BCUT2D eigenvalue weighted by Gasteiger charge is 2.16. The fraction of sp³-hybridized carbons (Fsp3) is 0.533. The summed E-state index contributed by atoms with van der Waals surface area (Å²) >= 11 is 0. The lowest BCUT2D eigenvalue weighted by Gasteiger charge is -2.14. The molecule has 0 aliphatic heterocycles. The standard InChI is InChI=1S/C15H21BO/c1-10(2)13-7-5-12(6-8-13)9-14(16)15(17)11(3)4/h5-8,10-11,14H,9H2,1-4H3. The van der Waals surface area contributed by atoms with Crippen molar-refractivity contribution in [1.29, 1.82) is 0 Å². The summed E-state index contributed by atoms with van der Waals surface area (Å²) in [6, 6.07) is 8.38. The van der Waals surface area contributed by atoms with E-state index < -0.39 is 0 Å². The Kier molecular flexibility index (Phi) is 4.98. The van der Waals surface area contributed by atoms with Crippen LogP contribution < -0.4 is 0 Å². The molecule has 1 atom stereocenters. The molecule has 17 heavy (non-hydrogen) atoms.